The maximum Gasteiger partial charge on any atom is 0.251 e. The second kappa shape index (κ2) is 6.14. The molecule has 0 aliphatic carbocycles. The van der Waals surface area contributed by atoms with E-state index in [1.54, 1.807) is 12.3 Å². The number of primary amides is 1. The molecule has 1 amide bonds. The number of aromatic nitrogens is 4. The first-order chi connectivity index (χ1) is 9.63. The van der Waals surface area contributed by atoms with Crippen molar-refractivity contribution in [3.63, 3.8) is 0 Å². The van der Waals surface area contributed by atoms with Crippen molar-refractivity contribution >= 4 is 11.7 Å². The number of aryl methyl sites for hydroxylation is 1. The van der Waals surface area contributed by atoms with Gasteiger partial charge < -0.3 is 11.1 Å². The quantitative estimate of drug-likeness (QED) is 0.823. The minimum Gasteiger partial charge on any atom is -0.370 e. The summed E-state index contributed by atoms with van der Waals surface area (Å²) in [6.45, 7) is 4.84. The number of anilines is 1. The number of nitrogens with one attached hydrogen (secondary N) is 1. The van der Waals surface area contributed by atoms with Gasteiger partial charge in [-0.25, -0.2) is 14.6 Å². The summed E-state index contributed by atoms with van der Waals surface area (Å²) in [5, 5.41) is 7.27. The van der Waals surface area contributed by atoms with Crippen molar-refractivity contribution in [2.45, 2.75) is 26.7 Å². The molecule has 0 aromatic carbocycles. The predicted molar refractivity (Wildman–Crippen MR) is 75.8 cm³/mol. The minimum atomic E-state index is -0.508. The Morgan fingerprint density at radius 3 is 2.80 bits per heavy atom. The average Bonchev–Trinajstić information content (AvgIpc) is 2.89. The maximum atomic E-state index is 11.1. The predicted octanol–water partition coefficient (Wildman–Crippen LogP) is 1.15. The third-order valence-electron chi connectivity index (χ3n) is 2.69. The van der Waals surface area contributed by atoms with Gasteiger partial charge >= 0.3 is 0 Å². The zero-order valence-electron chi connectivity index (χ0n) is 11.6. The van der Waals surface area contributed by atoms with Crippen LogP contribution in [0.1, 0.15) is 36.5 Å². The van der Waals surface area contributed by atoms with Crippen LogP contribution in [0.25, 0.3) is 5.82 Å². The molecular formula is C13H18N6O. The molecule has 0 spiro atoms. The molecule has 0 aliphatic heterocycles. The van der Waals surface area contributed by atoms with E-state index in [2.05, 4.69) is 27.3 Å². The zero-order chi connectivity index (χ0) is 14.5. The molecule has 2 rings (SSSR count). The van der Waals surface area contributed by atoms with Gasteiger partial charge in [0.15, 0.2) is 5.82 Å². The molecule has 0 saturated carbocycles. The summed E-state index contributed by atoms with van der Waals surface area (Å²) >= 11 is 0. The van der Waals surface area contributed by atoms with Gasteiger partial charge in [0.25, 0.3) is 5.91 Å². The molecule has 0 bridgehead atoms. The van der Waals surface area contributed by atoms with Crippen LogP contribution in [-0.4, -0.2) is 32.2 Å². The fourth-order valence-electron chi connectivity index (χ4n) is 1.78. The average molecular weight is 274 g/mol. The first-order valence-electron chi connectivity index (χ1n) is 6.60. The van der Waals surface area contributed by atoms with Crippen LogP contribution >= 0.6 is 0 Å². The van der Waals surface area contributed by atoms with E-state index in [9.17, 15) is 4.79 Å². The summed E-state index contributed by atoms with van der Waals surface area (Å²) in [7, 11) is 0. The number of hydrogen-bond donors (Lipinski definition) is 2. The molecule has 7 heteroatoms. The Kier molecular flexibility index (Phi) is 4.29. The smallest absolute Gasteiger partial charge is 0.251 e. The number of carbonyl (C=O) groups is 1. The van der Waals surface area contributed by atoms with E-state index in [0.29, 0.717) is 11.4 Å². The fraction of sp³-hybridized carbons (Fsp3) is 0.385. The van der Waals surface area contributed by atoms with Crippen molar-refractivity contribution in [2.24, 2.45) is 5.73 Å². The molecule has 2 aromatic rings. The standard InChI is InChI=1S/C13H18N6O/c1-3-5-10-17-11(15-4-2)6-12(18-10)19-8-9(7-16-19)13(14)20/h6-8H,3-5H2,1-2H3,(H2,14,20)(H,15,17,18). The monoisotopic (exact) mass is 274 g/mol. The lowest BCUT2D eigenvalue weighted by atomic mass is 10.3. The highest BCUT2D eigenvalue weighted by atomic mass is 16.1. The summed E-state index contributed by atoms with van der Waals surface area (Å²) < 4.78 is 1.53. The van der Waals surface area contributed by atoms with Crippen LogP contribution in [0.5, 0.6) is 0 Å². The van der Waals surface area contributed by atoms with Crippen LogP contribution in [0.15, 0.2) is 18.5 Å². The molecule has 2 aromatic heterocycles. The number of nitrogens with zero attached hydrogens (tertiary/aromatic N) is 4. The molecule has 3 N–H and O–H groups in total. The van der Waals surface area contributed by atoms with Gasteiger partial charge in [-0.15, -0.1) is 0 Å². The third kappa shape index (κ3) is 3.11. The summed E-state index contributed by atoms with van der Waals surface area (Å²) in [4.78, 5) is 20.0. The van der Waals surface area contributed by atoms with E-state index < -0.39 is 5.91 Å². The van der Waals surface area contributed by atoms with Gasteiger partial charge in [-0.2, -0.15) is 5.10 Å². The second-order valence-electron chi connectivity index (χ2n) is 4.35. The topological polar surface area (TPSA) is 98.7 Å². The van der Waals surface area contributed by atoms with E-state index in [4.69, 9.17) is 5.73 Å². The lowest BCUT2D eigenvalue weighted by Gasteiger charge is -2.08. The normalized spacial score (nSPS) is 10.5. The molecule has 0 atom stereocenters. The third-order valence-corrected chi connectivity index (χ3v) is 2.69. The summed E-state index contributed by atoms with van der Waals surface area (Å²) in [6, 6.07) is 1.79. The Balaban J connectivity index is 2.39. The molecule has 2 heterocycles. The van der Waals surface area contributed by atoms with Crippen molar-refractivity contribution in [3.8, 4) is 5.82 Å². The van der Waals surface area contributed by atoms with Crippen LogP contribution in [0.2, 0.25) is 0 Å². The lowest BCUT2D eigenvalue weighted by Crippen LogP contribution is -2.10. The minimum absolute atomic E-state index is 0.352. The van der Waals surface area contributed by atoms with Crippen LogP contribution in [0.4, 0.5) is 5.82 Å². The molecule has 0 fully saturated rings. The van der Waals surface area contributed by atoms with Gasteiger partial charge in [0.1, 0.15) is 11.6 Å². The Bertz CT molecular complexity index is 582. The van der Waals surface area contributed by atoms with Crippen LogP contribution in [-0.2, 0) is 6.42 Å². The van der Waals surface area contributed by atoms with Gasteiger partial charge in [0, 0.05) is 25.2 Å². The molecule has 106 valence electrons. The van der Waals surface area contributed by atoms with E-state index >= 15 is 0 Å². The molecule has 20 heavy (non-hydrogen) atoms. The highest BCUT2D eigenvalue weighted by molar-refractivity contribution is 5.92. The fourth-order valence-corrected chi connectivity index (χ4v) is 1.78. The largest absolute Gasteiger partial charge is 0.370 e. The Labute approximate surface area is 117 Å². The Morgan fingerprint density at radius 2 is 2.20 bits per heavy atom. The van der Waals surface area contributed by atoms with Crippen molar-refractivity contribution < 1.29 is 4.79 Å². The van der Waals surface area contributed by atoms with Gasteiger partial charge in [0.05, 0.1) is 11.8 Å². The van der Waals surface area contributed by atoms with E-state index in [-0.39, 0.29) is 0 Å². The Morgan fingerprint density at radius 1 is 1.40 bits per heavy atom. The van der Waals surface area contributed by atoms with Crippen molar-refractivity contribution in [3.05, 3.63) is 29.8 Å². The highest BCUT2D eigenvalue weighted by Crippen LogP contribution is 2.12. The van der Waals surface area contributed by atoms with Crippen molar-refractivity contribution in [1.29, 1.82) is 0 Å². The number of hydrogen-bond acceptors (Lipinski definition) is 5. The SMILES string of the molecule is CCCc1nc(NCC)cc(-n2cc(C(N)=O)cn2)n1. The number of carbonyl (C=O) groups excluding carboxylic acids is 1. The van der Waals surface area contributed by atoms with E-state index in [0.717, 1.165) is 31.0 Å². The summed E-state index contributed by atoms with van der Waals surface area (Å²) in [5.41, 5.74) is 5.58. The first kappa shape index (κ1) is 14.0. The highest BCUT2D eigenvalue weighted by Gasteiger charge is 2.09. The molecule has 0 aliphatic rings. The van der Waals surface area contributed by atoms with Crippen molar-refractivity contribution in [1.82, 2.24) is 19.7 Å². The number of amides is 1. The first-order valence-corrected chi connectivity index (χ1v) is 6.60. The zero-order valence-corrected chi connectivity index (χ0v) is 11.6. The number of rotatable bonds is 6. The lowest BCUT2D eigenvalue weighted by molar-refractivity contribution is 0.100. The Hall–Kier alpha value is -2.44. The van der Waals surface area contributed by atoms with Crippen molar-refractivity contribution in [2.75, 3.05) is 11.9 Å². The van der Waals surface area contributed by atoms with Crippen LogP contribution in [0, 0.1) is 0 Å². The van der Waals surface area contributed by atoms with Gasteiger partial charge in [-0.05, 0) is 13.3 Å². The molecule has 7 nitrogen and oxygen atoms in total. The molecule has 0 unspecified atom stereocenters. The second-order valence-corrected chi connectivity index (χ2v) is 4.35. The van der Waals surface area contributed by atoms with Gasteiger partial charge in [-0.3, -0.25) is 4.79 Å². The van der Waals surface area contributed by atoms with Crippen LogP contribution in [0.3, 0.4) is 0 Å². The molecule has 0 saturated heterocycles. The van der Waals surface area contributed by atoms with Gasteiger partial charge in [-0.1, -0.05) is 6.92 Å². The molecule has 0 radical (unpaired) electrons. The molecular weight excluding hydrogens is 256 g/mol. The van der Waals surface area contributed by atoms with Gasteiger partial charge in [0.2, 0.25) is 0 Å². The number of nitrogens with two attached hydrogens (primary N) is 1. The summed E-state index contributed by atoms with van der Waals surface area (Å²) in [5.74, 6) is 1.60. The van der Waals surface area contributed by atoms with E-state index in [1.165, 1.54) is 10.9 Å². The maximum absolute atomic E-state index is 11.1. The summed E-state index contributed by atoms with van der Waals surface area (Å²) in [6.07, 6.45) is 4.74. The van der Waals surface area contributed by atoms with Crippen LogP contribution < -0.4 is 11.1 Å². The van der Waals surface area contributed by atoms with E-state index in [1.807, 2.05) is 6.92 Å².